The largest absolute Gasteiger partial charge is 0.352 e. The van der Waals surface area contributed by atoms with E-state index in [1.807, 2.05) is 31.2 Å². The highest BCUT2D eigenvalue weighted by Crippen LogP contribution is 2.22. The normalized spacial score (nSPS) is 11.6. The SMILES string of the molecule is CC(NC(=O)CCCNC(=O)c1ccc(Cl)cc1)c1ccccc1Br. The summed E-state index contributed by atoms with van der Waals surface area (Å²) in [5.74, 6) is -0.206. The first-order chi connectivity index (χ1) is 12.0. The Morgan fingerprint density at radius 1 is 1.12 bits per heavy atom. The molecule has 2 aromatic carbocycles. The van der Waals surface area contributed by atoms with E-state index < -0.39 is 0 Å². The number of carbonyl (C=O) groups excluding carboxylic acids is 2. The van der Waals surface area contributed by atoms with Gasteiger partial charge in [0, 0.05) is 28.0 Å². The van der Waals surface area contributed by atoms with Crippen molar-refractivity contribution in [2.24, 2.45) is 0 Å². The topological polar surface area (TPSA) is 58.2 Å². The number of rotatable bonds is 7. The van der Waals surface area contributed by atoms with E-state index in [4.69, 9.17) is 11.6 Å². The van der Waals surface area contributed by atoms with Crippen LogP contribution in [0, 0.1) is 0 Å². The van der Waals surface area contributed by atoms with Gasteiger partial charge in [-0.3, -0.25) is 9.59 Å². The van der Waals surface area contributed by atoms with Gasteiger partial charge in [-0.25, -0.2) is 0 Å². The summed E-state index contributed by atoms with van der Waals surface area (Å²) in [4.78, 5) is 24.0. The van der Waals surface area contributed by atoms with Crippen molar-refractivity contribution in [3.05, 3.63) is 69.2 Å². The molecule has 1 unspecified atom stereocenters. The predicted octanol–water partition coefficient (Wildman–Crippen LogP) is 4.49. The van der Waals surface area contributed by atoms with Gasteiger partial charge in [-0.2, -0.15) is 0 Å². The Kier molecular flexibility index (Phi) is 7.47. The summed E-state index contributed by atoms with van der Waals surface area (Å²) in [6, 6.07) is 14.4. The van der Waals surface area contributed by atoms with Crippen molar-refractivity contribution >= 4 is 39.3 Å². The van der Waals surface area contributed by atoms with Crippen molar-refractivity contribution in [1.29, 1.82) is 0 Å². The van der Waals surface area contributed by atoms with Crippen molar-refractivity contribution < 1.29 is 9.59 Å². The lowest BCUT2D eigenvalue weighted by Crippen LogP contribution is -2.29. The highest BCUT2D eigenvalue weighted by Gasteiger charge is 2.12. The average molecular weight is 424 g/mol. The van der Waals surface area contributed by atoms with Gasteiger partial charge in [0.15, 0.2) is 0 Å². The standard InChI is InChI=1S/C19H20BrClN2O2/c1-13(16-5-2-3-6-17(16)20)23-18(24)7-4-12-22-19(25)14-8-10-15(21)11-9-14/h2-3,5-6,8-11,13H,4,7,12H2,1H3,(H,22,25)(H,23,24). The summed E-state index contributed by atoms with van der Waals surface area (Å²) in [6.45, 7) is 2.39. The van der Waals surface area contributed by atoms with E-state index in [1.54, 1.807) is 24.3 Å². The van der Waals surface area contributed by atoms with Gasteiger partial charge in [0.25, 0.3) is 5.91 Å². The van der Waals surface area contributed by atoms with Gasteiger partial charge in [-0.05, 0) is 49.2 Å². The predicted molar refractivity (Wildman–Crippen MR) is 104 cm³/mol. The van der Waals surface area contributed by atoms with E-state index in [0.29, 0.717) is 30.0 Å². The van der Waals surface area contributed by atoms with Crippen molar-refractivity contribution in [3.63, 3.8) is 0 Å². The minimum atomic E-state index is -0.168. The third kappa shape index (κ3) is 6.18. The second-order valence-electron chi connectivity index (χ2n) is 5.68. The van der Waals surface area contributed by atoms with Crippen LogP contribution in [-0.2, 0) is 4.79 Å². The van der Waals surface area contributed by atoms with E-state index in [2.05, 4.69) is 26.6 Å². The lowest BCUT2D eigenvalue weighted by atomic mass is 10.1. The quantitative estimate of drug-likeness (QED) is 0.645. The first kappa shape index (κ1) is 19.5. The second-order valence-corrected chi connectivity index (χ2v) is 6.97. The molecule has 0 heterocycles. The molecule has 0 aromatic heterocycles. The number of nitrogens with one attached hydrogen (secondary N) is 2. The maximum absolute atomic E-state index is 12.0. The Morgan fingerprint density at radius 3 is 2.48 bits per heavy atom. The van der Waals surface area contributed by atoms with Crippen LogP contribution < -0.4 is 10.6 Å². The van der Waals surface area contributed by atoms with Crippen molar-refractivity contribution in [3.8, 4) is 0 Å². The Morgan fingerprint density at radius 2 is 1.80 bits per heavy atom. The molecule has 2 rings (SSSR count). The Balaban J connectivity index is 1.71. The molecule has 0 spiro atoms. The Bertz CT molecular complexity index is 734. The molecule has 0 fully saturated rings. The average Bonchev–Trinajstić information content (AvgIpc) is 2.59. The summed E-state index contributed by atoms with van der Waals surface area (Å²) in [7, 11) is 0. The minimum absolute atomic E-state index is 0.0380. The van der Waals surface area contributed by atoms with Crippen LogP contribution in [0.2, 0.25) is 5.02 Å². The molecule has 0 radical (unpaired) electrons. The highest BCUT2D eigenvalue weighted by molar-refractivity contribution is 9.10. The molecule has 2 amide bonds. The van der Waals surface area contributed by atoms with Crippen LogP contribution in [0.1, 0.15) is 41.7 Å². The molecule has 0 saturated carbocycles. The lowest BCUT2D eigenvalue weighted by molar-refractivity contribution is -0.121. The molecule has 2 aromatic rings. The molecule has 0 aliphatic heterocycles. The van der Waals surface area contributed by atoms with Crippen LogP contribution >= 0.6 is 27.5 Å². The van der Waals surface area contributed by atoms with Crippen LogP contribution in [0.3, 0.4) is 0 Å². The van der Waals surface area contributed by atoms with Gasteiger partial charge in [0.1, 0.15) is 0 Å². The van der Waals surface area contributed by atoms with Crippen LogP contribution in [0.5, 0.6) is 0 Å². The molecule has 132 valence electrons. The van der Waals surface area contributed by atoms with Crippen molar-refractivity contribution in [1.82, 2.24) is 10.6 Å². The summed E-state index contributed by atoms with van der Waals surface area (Å²) in [5.41, 5.74) is 1.59. The smallest absolute Gasteiger partial charge is 0.251 e. The summed E-state index contributed by atoms with van der Waals surface area (Å²) in [5, 5.41) is 6.36. The molecule has 0 aliphatic carbocycles. The summed E-state index contributed by atoms with van der Waals surface area (Å²) >= 11 is 9.28. The van der Waals surface area contributed by atoms with E-state index >= 15 is 0 Å². The van der Waals surface area contributed by atoms with E-state index in [-0.39, 0.29) is 17.9 Å². The monoisotopic (exact) mass is 422 g/mol. The van der Waals surface area contributed by atoms with Crippen LogP contribution in [-0.4, -0.2) is 18.4 Å². The van der Waals surface area contributed by atoms with Crippen molar-refractivity contribution in [2.75, 3.05) is 6.54 Å². The summed E-state index contributed by atoms with van der Waals surface area (Å²) < 4.78 is 0.970. The number of halogens is 2. The molecular weight excluding hydrogens is 404 g/mol. The fourth-order valence-corrected chi connectivity index (χ4v) is 3.13. The number of amides is 2. The molecule has 0 saturated heterocycles. The highest BCUT2D eigenvalue weighted by atomic mass is 79.9. The maximum atomic E-state index is 12.0. The molecule has 0 bridgehead atoms. The van der Waals surface area contributed by atoms with Gasteiger partial charge in [-0.1, -0.05) is 45.7 Å². The first-order valence-corrected chi connectivity index (χ1v) is 9.22. The first-order valence-electron chi connectivity index (χ1n) is 8.05. The zero-order valence-corrected chi connectivity index (χ0v) is 16.2. The van der Waals surface area contributed by atoms with E-state index in [0.717, 1.165) is 10.0 Å². The molecule has 2 N–H and O–H groups in total. The van der Waals surface area contributed by atoms with Gasteiger partial charge >= 0.3 is 0 Å². The Labute approximate surface area is 161 Å². The summed E-state index contributed by atoms with van der Waals surface area (Å²) in [6.07, 6.45) is 0.934. The second kappa shape index (κ2) is 9.59. The maximum Gasteiger partial charge on any atom is 0.251 e. The minimum Gasteiger partial charge on any atom is -0.352 e. The number of benzene rings is 2. The van der Waals surface area contributed by atoms with E-state index in [9.17, 15) is 9.59 Å². The molecular formula is C19H20BrClN2O2. The Hall–Kier alpha value is -1.85. The number of hydrogen-bond donors (Lipinski definition) is 2. The fraction of sp³-hybridized carbons (Fsp3) is 0.263. The van der Waals surface area contributed by atoms with Crippen molar-refractivity contribution in [2.45, 2.75) is 25.8 Å². The van der Waals surface area contributed by atoms with E-state index in [1.165, 1.54) is 0 Å². The molecule has 6 heteroatoms. The third-order valence-corrected chi connectivity index (χ3v) is 4.70. The van der Waals surface area contributed by atoms with Crippen LogP contribution in [0.4, 0.5) is 0 Å². The zero-order chi connectivity index (χ0) is 18.2. The fourth-order valence-electron chi connectivity index (χ4n) is 2.37. The third-order valence-electron chi connectivity index (χ3n) is 3.72. The van der Waals surface area contributed by atoms with Gasteiger partial charge in [0.05, 0.1) is 6.04 Å². The molecule has 4 nitrogen and oxygen atoms in total. The number of hydrogen-bond acceptors (Lipinski definition) is 2. The van der Waals surface area contributed by atoms with Gasteiger partial charge < -0.3 is 10.6 Å². The molecule has 25 heavy (non-hydrogen) atoms. The molecule has 0 aliphatic rings. The lowest BCUT2D eigenvalue weighted by Gasteiger charge is -2.16. The van der Waals surface area contributed by atoms with Gasteiger partial charge in [0.2, 0.25) is 5.91 Å². The zero-order valence-electron chi connectivity index (χ0n) is 13.9. The van der Waals surface area contributed by atoms with Crippen LogP contribution in [0.25, 0.3) is 0 Å². The molecule has 1 atom stereocenters. The van der Waals surface area contributed by atoms with Gasteiger partial charge in [-0.15, -0.1) is 0 Å². The number of carbonyl (C=O) groups is 2. The van der Waals surface area contributed by atoms with Crippen LogP contribution in [0.15, 0.2) is 53.0 Å².